The van der Waals surface area contributed by atoms with Crippen LogP contribution in [0.5, 0.6) is 0 Å². The number of carboxylic acids is 2. The normalized spacial score (nSPS) is 20.8. The quantitative estimate of drug-likeness (QED) is 0.0797. The molecule has 5 atom stereocenters. The van der Waals surface area contributed by atoms with E-state index in [4.69, 9.17) is 30.8 Å². The molecule has 10 N–H and O–H groups in total. The highest BCUT2D eigenvalue weighted by Gasteiger charge is 2.45. The van der Waals surface area contributed by atoms with Gasteiger partial charge in [-0.25, -0.2) is 14.6 Å². The molecule has 0 saturated carbocycles. The molecule has 0 saturated heterocycles. The number of aliphatic carboxylic acids is 2. The van der Waals surface area contributed by atoms with E-state index in [-0.39, 0.29) is 25.0 Å². The first-order valence-electron chi connectivity index (χ1n) is 9.93. The van der Waals surface area contributed by atoms with Gasteiger partial charge in [-0.05, 0) is 6.08 Å². The van der Waals surface area contributed by atoms with Crippen molar-refractivity contribution in [1.82, 2.24) is 10.6 Å². The second kappa shape index (κ2) is 14.7. The van der Waals surface area contributed by atoms with Crippen LogP contribution in [0.2, 0.25) is 0 Å². The van der Waals surface area contributed by atoms with Gasteiger partial charge in [-0.3, -0.25) is 9.59 Å². The Labute approximate surface area is 201 Å². The molecule has 18 heteroatoms. The van der Waals surface area contributed by atoms with Crippen molar-refractivity contribution in [3.8, 4) is 0 Å². The van der Waals surface area contributed by atoms with E-state index in [0.29, 0.717) is 0 Å². The molecule has 0 bridgehead atoms. The number of alkyl halides is 3. The predicted octanol–water partition coefficient (Wildman–Crippen LogP) is -2.99. The van der Waals surface area contributed by atoms with Crippen LogP contribution in [0.15, 0.2) is 16.8 Å². The second-order valence-electron chi connectivity index (χ2n) is 7.06. The number of nitrogens with zero attached hydrogens (tertiary/aromatic N) is 1. The zero-order chi connectivity index (χ0) is 28.2. The van der Waals surface area contributed by atoms with Crippen molar-refractivity contribution in [2.45, 2.75) is 50.4 Å². The van der Waals surface area contributed by atoms with Crippen LogP contribution < -0.4 is 22.1 Å². The van der Waals surface area contributed by atoms with E-state index < -0.39 is 66.8 Å². The van der Waals surface area contributed by atoms with E-state index in [2.05, 4.69) is 15.6 Å². The standard InChI is InChI=1S/C16H27N5O8.C2HF3O2/c1-7(23)19-3-4-28-13(10(25)6-22)14-12(20-8(2)24)9(21-16(17)18)5-11(29-14)15(26)27;3-2(4,5)1(6)7/h5,9-10,12-14,22,25H,3-4,6H2,1-2H3,(H,19,23)(H,20,24)(H,26,27)(H4,17,18,21);(H,6,7)/t9-,10+,12+,13+,14+;/m0./s1. The van der Waals surface area contributed by atoms with E-state index in [1.807, 2.05) is 0 Å². The molecular weight excluding hydrogens is 503 g/mol. The number of aliphatic hydroxyl groups is 2. The first-order valence-corrected chi connectivity index (χ1v) is 9.93. The zero-order valence-electron chi connectivity index (χ0n) is 19.1. The van der Waals surface area contributed by atoms with Gasteiger partial charge < -0.3 is 52.0 Å². The van der Waals surface area contributed by atoms with Crippen LogP contribution in [-0.2, 0) is 28.7 Å². The highest BCUT2D eigenvalue weighted by Crippen LogP contribution is 2.26. The van der Waals surface area contributed by atoms with Crippen LogP contribution in [0.25, 0.3) is 0 Å². The van der Waals surface area contributed by atoms with Gasteiger partial charge in [0.25, 0.3) is 0 Å². The molecule has 0 radical (unpaired) electrons. The Morgan fingerprint density at radius 1 is 1.19 bits per heavy atom. The molecule has 1 rings (SSSR count). The number of guanidine groups is 1. The van der Waals surface area contributed by atoms with Crippen molar-refractivity contribution in [3.05, 3.63) is 11.8 Å². The third kappa shape index (κ3) is 11.7. The van der Waals surface area contributed by atoms with Crippen molar-refractivity contribution in [3.63, 3.8) is 0 Å². The summed E-state index contributed by atoms with van der Waals surface area (Å²) in [6.45, 7) is 1.78. The van der Waals surface area contributed by atoms with Crippen LogP contribution in [-0.4, -0.2) is 106 Å². The Morgan fingerprint density at radius 3 is 2.14 bits per heavy atom. The minimum absolute atomic E-state index is 0.0838. The average Bonchev–Trinajstić information content (AvgIpc) is 2.73. The van der Waals surface area contributed by atoms with Gasteiger partial charge in [0.05, 0.1) is 25.3 Å². The molecule has 0 aromatic carbocycles. The molecule has 0 unspecified atom stereocenters. The molecule has 1 heterocycles. The topological polar surface area (TPSA) is 256 Å². The van der Waals surface area contributed by atoms with Gasteiger partial charge in [0, 0.05) is 20.4 Å². The number of carbonyl (C=O) groups is 4. The maximum atomic E-state index is 11.7. The molecule has 0 aliphatic carbocycles. The van der Waals surface area contributed by atoms with Gasteiger partial charge in [0.2, 0.25) is 17.6 Å². The van der Waals surface area contributed by atoms with Crippen LogP contribution in [0.4, 0.5) is 13.2 Å². The van der Waals surface area contributed by atoms with Crippen molar-refractivity contribution in [1.29, 1.82) is 0 Å². The fraction of sp³-hybridized carbons (Fsp3) is 0.611. The molecule has 0 spiro atoms. The van der Waals surface area contributed by atoms with E-state index >= 15 is 0 Å². The third-order valence-corrected chi connectivity index (χ3v) is 4.10. The van der Waals surface area contributed by atoms with Crippen molar-refractivity contribution in [2.24, 2.45) is 16.5 Å². The number of aliphatic hydroxyl groups excluding tert-OH is 2. The summed E-state index contributed by atoms with van der Waals surface area (Å²) >= 11 is 0. The van der Waals surface area contributed by atoms with Crippen LogP contribution in [0.3, 0.4) is 0 Å². The molecule has 0 fully saturated rings. The zero-order valence-corrected chi connectivity index (χ0v) is 19.1. The lowest BCUT2D eigenvalue weighted by Gasteiger charge is -2.40. The number of hydrogen-bond donors (Lipinski definition) is 8. The minimum Gasteiger partial charge on any atom is -0.478 e. The fourth-order valence-electron chi connectivity index (χ4n) is 2.75. The number of amides is 2. The summed E-state index contributed by atoms with van der Waals surface area (Å²) < 4.78 is 42.7. The van der Waals surface area contributed by atoms with Gasteiger partial charge in [-0.15, -0.1) is 0 Å². The van der Waals surface area contributed by atoms with Crippen LogP contribution in [0.1, 0.15) is 13.8 Å². The SMILES string of the molecule is CC(=O)NCCO[C@@H]([C@@H]1OC(C(=O)O)=C[C@H](N=C(N)N)[C@H]1NC(C)=O)[C@H](O)CO.O=C(O)C(F)(F)F. The number of ether oxygens (including phenoxy) is 2. The molecule has 1 aliphatic heterocycles. The smallest absolute Gasteiger partial charge is 0.478 e. The summed E-state index contributed by atoms with van der Waals surface area (Å²) in [5.41, 5.74) is 10.8. The van der Waals surface area contributed by atoms with Gasteiger partial charge in [-0.2, -0.15) is 13.2 Å². The van der Waals surface area contributed by atoms with Gasteiger partial charge in [0.15, 0.2) is 12.1 Å². The minimum atomic E-state index is -5.08. The lowest BCUT2D eigenvalue weighted by Crippen LogP contribution is -2.60. The Bertz CT molecular complexity index is 848. The number of hydrogen-bond acceptors (Lipinski definition) is 9. The number of nitrogens with two attached hydrogens (primary N) is 2. The maximum absolute atomic E-state index is 11.7. The van der Waals surface area contributed by atoms with Crippen LogP contribution in [0, 0.1) is 0 Å². The molecule has 206 valence electrons. The number of aliphatic imine (C=N–C) groups is 1. The summed E-state index contributed by atoms with van der Waals surface area (Å²) in [6.07, 6.45) is -8.03. The van der Waals surface area contributed by atoms with Gasteiger partial charge >= 0.3 is 18.1 Å². The molecule has 0 aromatic rings. The lowest BCUT2D eigenvalue weighted by molar-refractivity contribution is -0.192. The number of halogens is 3. The number of carboxylic acid groups (broad SMARTS) is 2. The van der Waals surface area contributed by atoms with E-state index in [0.717, 1.165) is 6.08 Å². The molecule has 1 aliphatic rings. The average molecular weight is 531 g/mol. The van der Waals surface area contributed by atoms with Crippen LogP contribution >= 0.6 is 0 Å². The summed E-state index contributed by atoms with van der Waals surface area (Å²) in [5, 5.41) is 41.1. The van der Waals surface area contributed by atoms with Gasteiger partial charge in [0.1, 0.15) is 12.2 Å². The van der Waals surface area contributed by atoms with Crippen molar-refractivity contribution < 1.29 is 62.2 Å². The molecule has 36 heavy (non-hydrogen) atoms. The molecule has 15 nitrogen and oxygen atoms in total. The number of carbonyl (C=O) groups excluding carboxylic acids is 2. The summed E-state index contributed by atoms with van der Waals surface area (Å²) in [5.74, 6) is -5.87. The third-order valence-electron chi connectivity index (χ3n) is 4.10. The molecule has 0 aromatic heterocycles. The van der Waals surface area contributed by atoms with E-state index in [9.17, 15) is 42.9 Å². The van der Waals surface area contributed by atoms with E-state index in [1.165, 1.54) is 13.8 Å². The summed E-state index contributed by atoms with van der Waals surface area (Å²) in [7, 11) is 0. The van der Waals surface area contributed by atoms with Crippen molar-refractivity contribution >= 4 is 29.7 Å². The first kappa shape index (κ1) is 32.4. The molecule has 2 amide bonds. The Hall–Kier alpha value is -3.64. The maximum Gasteiger partial charge on any atom is 0.490 e. The first-order chi connectivity index (χ1) is 16.5. The fourth-order valence-corrected chi connectivity index (χ4v) is 2.75. The van der Waals surface area contributed by atoms with Crippen molar-refractivity contribution in [2.75, 3.05) is 19.8 Å². The largest absolute Gasteiger partial charge is 0.490 e. The highest BCUT2D eigenvalue weighted by molar-refractivity contribution is 5.85. The highest BCUT2D eigenvalue weighted by atomic mass is 19.4. The predicted molar refractivity (Wildman–Crippen MR) is 113 cm³/mol. The Morgan fingerprint density at radius 2 is 1.75 bits per heavy atom. The summed E-state index contributed by atoms with van der Waals surface area (Å²) in [6, 6.07) is -2.06. The lowest BCUT2D eigenvalue weighted by atomic mass is 9.92. The van der Waals surface area contributed by atoms with E-state index in [1.54, 1.807) is 0 Å². The van der Waals surface area contributed by atoms with Gasteiger partial charge in [-0.1, -0.05) is 0 Å². The Kier molecular flexibility index (Phi) is 13.2. The Balaban J connectivity index is 0.00000152. The second-order valence-corrected chi connectivity index (χ2v) is 7.06. The monoisotopic (exact) mass is 531 g/mol. The molecular formula is C18H28F3N5O10. The number of nitrogens with one attached hydrogen (secondary N) is 2. The summed E-state index contributed by atoms with van der Waals surface area (Å²) in [4.78, 5) is 46.9. The number of rotatable bonds is 10.